The normalized spacial score (nSPS) is 14.1. The predicted octanol–water partition coefficient (Wildman–Crippen LogP) is 5.97. The van der Waals surface area contributed by atoms with Gasteiger partial charge in [-0.15, -0.1) is 0 Å². The Hall–Kier alpha value is -3.31. The zero-order chi connectivity index (χ0) is 28.8. The average molecular weight is 567 g/mol. The van der Waals surface area contributed by atoms with Crippen LogP contribution in [0.15, 0.2) is 41.3 Å². The van der Waals surface area contributed by atoms with Crippen LogP contribution in [0.5, 0.6) is 5.88 Å². The Morgan fingerprint density at radius 3 is 2.49 bits per heavy atom. The first kappa shape index (κ1) is 30.2. The molecule has 1 unspecified atom stereocenters. The summed E-state index contributed by atoms with van der Waals surface area (Å²) in [6.07, 6.45) is -2.45. The number of H-pyrrole nitrogens is 1. The summed E-state index contributed by atoms with van der Waals surface area (Å²) < 4.78 is 51.2. The van der Waals surface area contributed by atoms with Gasteiger partial charge in [0.1, 0.15) is 5.82 Å². The van der Waals surface area contributed by atoms with Crippen LogP contribution in [0.3, 0.4) is 0 Å². The maximum atomic E-state index is 13.6. The molecule has 0 aliphatic rings. The van der Waals surface area contributed by atoms with Crippen LogP contribution in [0, 0.1) is 0 Å². The monoisotopic (exact) mass is 566 g/mol. The Labute approximate surface area is 229 Å². The first-order valence-electron chi connectivity index (χ1n) is 12.5. The van der Waals surface area contributed by atoms with E-state index in [2.05, 4.69) is 31.6 Å². The van der Waals surface area contributed by atoms with Crippen LogP contribution in [-0.4, -0.2) is 50.7 Å². The molecule has 0 amide bonds. The van der Waals surface area contributed by atoms with Crippen molar-refractivity contribution in [2.24, 2.45) is 0 Å². The van der Waals surface area contributed by atoms with Crippen LogP contribution >= 0.6 is 11.6 Å². The van der Waals surface area contributed by atoms with Crippen LogP contribution in [0.2, 0.25) is 5.02 Å². The zero-order valence-electron chi connectivity index (χ0n) is 22.1. The molecule has 0 saturated heterocycles. The standard InChI is InChI=1S/C27H30ClF3N4O4/c1-5-7-16(3)39-22-13-10-18(15-32-22)23-33-24(35-25(37)34-23)19-14-17(8-11-20(19)28)9-12-21(36)26(6-2,38-4)27(29,30)31/h8,10-11,13-16H,5-7,9,12H2,1-4H3,(H,33,34,35,37)/t16-,26?/m0/s1. The van der Waals surface area contributed by atoms with Crippen molar-refractivity contribution in [3.63, 3.8) is 0 Å². The van der Waals surface area contributed by atoms with E-state index < -0.39 is 36.1 Å². The number of carbonyl (C=O) groups excluding carboxylic acids is 1. The van der Waals surface area contributed by atoms with Gasteiger partial charge >= 0.3 is 11.9 Å². The number of hydrogen-bond acceptors (Lipinski definition) is 7. The minimum absolute atomic E-state index is 0.00170. The summed E-state index contributed by atoms with van der Waals surface area (Å²) in [5, 5.41) is 0.243. The Kier molecular flexibility index (Phi) is 9.84. The largest absolute Gasteiger partial charge is 0.475 e. The number of halogens is 4. The summed E-state index contributed by atoms with van der Waals surface area (Å²) in [6.45, 7) is 5.26. The second kappa shape index (κ2) is 12.7. The molecule has 0 aliphatic heterocycles. The van der Waals surface area contributed by atoms with Crippen molar-refractivity contribution in [1.82, 2.24) is 19.9 Å². The van der Waals surface area contributed by atoms with Crippen LogP contribution in [0.25, 0.3) is 22.8 Å². The number of benzene rings is 1. The smallest absolute Gasteiger partial charge is 0.424 e. The van der Waals surface area contributed by atoms with E-state index in [1.165, 1.54) is 19.2 Å². The second-order valence-electron chi connectivity index (χ2n) is 9.05. The molecule has 39 heavy (non-hydrogen) atoms. The van der Waals surface area contributed by atoms with Gasteiger partial charge in [0.25, 0.3) is 0 Å². The highest BCUT2D eigenvalue weighted by molar-refractivity contribution is 6.33. The molecule has 0 bridgehead atoms. The molecule has 1 aromatic carbocycles. The molecule has 0 aliphatic carbocycles. The molecule has 3 aromatic rings. The molecule has 2 heterocycles. The van der Waals surface area contributed by atoms with E-state index in [0.717, 1.165) is 20.0 Å². The van der Waals surface area contributed by atoms with Gasteiger partial charge in [-0.2, -0.15) is 18.2 Å². The van der Waals surface area contributed by atoms with E-state index >= 15 is 0 Å². The Morgan fingerprint density at radius 2 is 1.90 bits per heavy atom. The summed E-state index contributed by atoms with van der Waals surface area (Å²) in [7, 11) is 0.876. The fourth-order valence-electron chi connectivity index (χ4n) is 4.19. The summed E-state index contributed by atoms with van der Waals surface area (Å²) in [5.41, 5.74) is -2.22. The highest BCUT2D eigenvalue weighted by atomic mass is 35.5. The summed E-state index contributed by atoms with van der Waals surface area (Å²) >= 11 is 6.37. The lowest BCUT2D eigenvalue weighted by atomic mass is 9.90. The van der Waals surface area contributed by atoms with Gasteiger partial charge in [-0.1, -0.05) is 37.9 Å². The number of rotatable bonds is 12. The van der Waals surface area contributed by atoms with E-state index in [1.807, 2.05) is 6.92 Å². The molecular formula is C27H30ClF3N4O4. The SMILES string of the molecule is CCC[C@H](C)Oc1ccc(-c2nc(-c3cc(CCC(=O)C(CC)(OC)C(F)(F)F)ccc3Cl)[nH]c(=O)n2)cn1. The zero-order valence-corrected chi connectivity index (χ0v) is 22.8. The quantitative estimate of drug-likeness (QED) is 0.287. The van der Waals surface area contributed by atoms with E-state index in [-0.39, 0.29) is 29.2 Å². The molecule has 0 radical (unpaired) electrons. The number of nitrogens with one attached hydrogen (secondary N) is 1. The van der Waals surface area contributed by atoms with Crippen molar-refractivity contribution in [3.05, 3.63) is 57.6 Å². The number of aromatic nitrogens is 4. The minimum Gasteiger partial charge on any atom is -0.475 e. The maximum Gasteiger partial charge on any atom is 0.424 e. The van der Waals surface area contributed by atoms with E-state index in [0.29, 0.717) is 22.6 Å². The fraction of sp³-hybridized carbons (Fsp3) is 0.444. The molecule has 0 spiro atoms. The number of nitrogens with zero attached hydrogens (tertiary/aromatic N) is 3. The van der Waals surface area contributed by atoms with Gasteiger partial charge < -0.3 is 9.47 Å². The van der Waals surface area contributed by atoms with Crippen molar-refractivity contribution < 1.29 is 27.4 Å². The third kappa shape index (κ3) is 7.02. The topological polar surface area (TPSA) is 107 Å². The number of aromatic amines is 1. The first-order valence-corrected chi connectivity index (χ1v) is 12.9. The van der Waals surface area contributed by atoms with Gasteiger partial charge in [-0.3, -0.25) is 9.78 Å². The van der Waals surface area contributed by atoms with E-state index in [9.17, 15) is 22.8 Å². The molecule has 1 N–H and O–H groups in total. The highest BCUT2D eigenvalue weighted by Crippen LogP contribution is 2.38. The van der Waals surface area contributed by atoms with E-state index in [1.54, 1.807) is 24.3 Å². The molecule has 12 heteroatoms. The Morgan fingerprint density at radius 1 is 1.15 bits per heavy atom. The van der Waals surface area contributed by atoms with Gasteiger partial charge in [-0.25, -0.2) is 14.8 Å². The first-order chi connectivity index (χ1) is 18.4. The number of carbonyl (C=O) groups is 1. The van der Waals surface area contributed by atoms with Gasteiger partial charge in [-0.05, 0) is 49.9 Å². The number of alkyl halides is 3. The van der Waals surface area contributed by atoms with Crippen molar-refractivity contribution in [2.75, 3.05) is 7.11 Å². The lowest BCUT2D eigenvalue weighted by Gasteiger charge is -2.31. The Balaban J connectivity index is 1.86. The van der Waals surface area contributed by atoms with Crippen LogP contribution in [-0.2, 0) is 16.0 Å². The number of ether oxygens (including phenoxy) is 2. The van der Waals surface area contributed by atoms with Crippen molar-refractivity contribution in [3.8, 4) is 28.7 Å². The lowest BCUT2D eigenvalue weighted by molar-refractivity contribution is -0.259. The lowest BCUT2D eigenvalue weighted by Crippen LogP contribution is -2.53. The van der Waals surface area contributed by atoms with Gasteiger partial charge in [0, 0.05) is 36.9 Å². The predicted molar refractivity (Wildman–Crippen MR) is 141 cm³/mol. The van der Waals surface area contributed by atoms with Gasteiger partial charge in [0.15, 0.2) is 11.6 Å². The molecule has 0 fully saturated rings. The third-order valence-corrected chi connectivity index (χ3v) is 6.67. The van der Waals surface area contributed by atoms with Gasteiger partial charge in [0.2, 0.25) is 11.5 Å². The second-order valence-corrected chi connectivity index (χ2v) is 9.46. The van der Waals surface area contributed by atoms with Crippen LogP contribution in [0.4, 0.5) is 13.2 Å². The van der Waals surface area contributed by atoms with Gasteiger partial charge in [0.05, 0.1) is 11.1 Å². The molecule has 2 atom stereocenters. The Bertz CT molecular complexity index is 1340. The minimum atomic E-state index is -4.84. The van der Waals surface area contributed by atoms with Crippen LogP contribution in [0.1, 0.15) is 52.0 Å². The molecule has 8 nitrogen and oxygen atoms in total. The third-order valence-electron chi connectivity index (χ3n) is 6.34. The number of aryl methyl sites for hydroxylation is 1. The van der Waals surface area contributed by atoms with E-state index in [4.69, 9.17) is 16.3 Å². The van der Waals surface area contributed by atoms with Crippen LogP contribution < -0.4 is 10.4 Å². The van der Waals surface area contributed by atoms with Crippen molar-refractivity contribution in [1.29, 1.82) is 0 Å². The number of ketones is 1. The number of methoxy groups -OCH3 is 1. The molecule has 2 aromatic heterocycles. The fourth-order valence-corrected chi connectivity index (χ4v) is 4.40. The molecule has 210 valence electrons. The molecule has 0 saturated carbocycles. The summed E-state index contributed by atoms with van der Waals surface area (Å²) in [4.78, 5) is 40.1. The number of Topliss-reactive ketones (excluding diaryl/α,β-unsaturated/α-hetero) is 1. The molecular weight excluding hydrogens is 537 g/mol. The highest BCUT2D eigenvalue weighted by Gasteiger charge is 2.59. The van der Waals surface area contributed by atoms with Crippen molar-refractivity contribution >= 4 is 17.4 Å². The molecule has 3 rings (SSSR count). The van der Waals surface area contributed by atoms with Crippen molar-refractivity contribution in [2.45, 2.75) is 70.8 Å². The number of hydrogen-bond donors (Lipinski definition) is 1. The summed E-state index contributed by atoms with van der Waals surface area (Å²) in [5.74, 6) is -0.432. The number of pyridine rings is 1. The average Bonchev–Trinajstić information content (AvgIpc) is 2.88. The maximum absolute atomic E-state index is 13.6. The summed E-state index contributed by atoms with van der Waals surface area (Å²) in [6, 6.07) is 8.02.